The second-order valence-corrected chi connectivity index (χ2v) is 9.22. The zero-order valence-corrected chi connectivity index (χ0v) is 17.9. The number of benzene rings is 1. The summed E-state index contributed by atoms with van der Waals surface area (Å²) in [6, 6.07) is 5.50. The van der Waals surface area contributed by atoms with Crippen LogP contribution < -0.4 is 0 Å². The Kier molecular flexibility index (Phi) is 4.26. The predicted octanol–water partition coefficient (Wildman–Crippen LogP) is 3.23. The van der Waals surface area contributed by atoms with Gasteiger partial charge in [-0.1, -0.05) is 17.7 Å². The van der Waals surface area contributed by atoms with E-state index in [0.29, 0.717) is 31.0 Å². The molecular weight excluding hydrogens is 389 g/mol. The normalized spacial score (nSPS) is 27.0. The van der Waals surface area contributed by atoms with E-state index in [1.807, 2.05) is 42.6 Å². The van der Waals surface area contributed by atoms with Crippen molar-refractivity contribution in [3.63, 3.8) is 0 Å². The molecule has 2 aliphatic heterocycles. The average molecular weight is 416 g/mol. The summed E-state index contributed by atoms with van der Waals surface area (Å²) >= 11 is 5.69. The number of aromatic nitrogens is 2. The van der Waals surface area contributed by atoms with Crippen LogP contribution >= 0.6 is 12.2 Å². The van der Waals surface area contributed by atoms with Crippen LogP contribution in [-0.2, 0) is 35.0 Å². The van der Waals surface area contributed by atoms with E-state index in [1.165, 1.54) is 0 Å². The van der Waals surface area contributed by atoms with Gasteiger partial charge in [0.1, 0.15) is 5.82 Å². The molecule has 3 aliphatic rings. The van der Waals surface area contributed by atoms with Gasteiger partial charge in [0.05, 0.1) is 19.1 Å². The van der Waals surface area contributed by atoms with Gasteiger partial charge >= 0.3 is 0 Å². The third kappa shape index (κ3) is 2.74. The number of likely N-dealkylation sites (N-methyl/N-ethyl adjacent to an activating group) is 1. The van der Waals surface area contributed by atoms with Gasteiger partial charge in [-0.15, -0.1) is 0 Å². The molecule has 5 nitrogen and oxygen atoms in total. The highest BCUT2D eigenvalue weighted by molar-refractivity contribution is 7.71. The van der Waals surface area contributed by atoms with Crippen LogP contribution in [0.25, 0.3) is 0 Å². The SMILES string of the molecule is Cc1ccc(F)c([C@]23C[C@H]2c2c(CC(=O)N(C)[C@@H]4CCOC4)n(C)c(=S)n2C3)c1. The highest BCUT2D eigenvalue weighted by atomic mass is 32.1. The minimum Gasteiger partial charge on any atom is -0.379 e. The maximum absolute atomic E-state index is 14.7. The lowest BCUT2D eigenvalue weighted by Gasteiger charge is -2.23. The molecule has 2 aromatic rings. The number of amides is 1. The van der Waals surface area contributed by atoms with Crippen LogP contribution in [-0.4, -0.2) is 46.2 Å². The van der Waals surface area contributed by atoms with Crippen LogP contribution in [0.4, 0.5) is 4.39 Å². The fraction of sp³-hybridized carbons (Fsp3) is 0.545. The van der Waals surface area contributed by atoms with Crippen LogP contribution in [0.2, 0.25) is 0 Å². The zero-order chi connectivity index (χ0) is 20.5. The summed E-state index contributed by atoms with van der Waals surface area (Å²) in [7, 11) is 3.79. The van der Waals surface area contributed by atoms with E-state index in [0.717, 1.165) is 35.4 Å². The van der Waals surface area contributed by atoms with Gasteiger partial charge in [-0.2, -0.15) is 0 Å². The summed E-state index contributed by atoms with van der Waals surface area (Å²) in [6.07, 6.45) is 2.12. The first-order valence-electron chi connectivity index (χ1n) is 10.2. The first-order valence-corrected chi connectivity index (χ1v) is 10.6. The van der Waals surface area contributed by atoms with Gasteiger partial charge in [0, 0.05) is 50.0 Å². The van der Waals surface area contributed by atoms with Crippen LogP contribution in [0.5, 0.6) is 0 Å². The third-order valence-electron chi connectivity index (χ3n) is 7.18. The molecule has 0 N–H and O–H groups in total. The Bertz CT molecular complexity index is 1070. The molecule has 0 spiro atoms. The predicted molar refractivity (Wildman–Crippen MR) is 110 cm³/mol. The van der Waals surface area contributed by atoms with Crippen LogP contribution in [0.1, 0.15) is 41.3 Å². The van der Waals surface area contributed by atoms with Gasteiger partial charge < -0.3 is 18.8 Å². The second kappa shape index (κ2) is 6.51. The Morgan fingerprint density at radius 3 is 2.97 bits per heavy atom. The Morgan fingerprint density at radius 1 is 1.45 bits per heavy atom. The summed E-state index contributed by atoms with van der Waals surface area (Å²) in [4.78, 5) is 14.8. The molecule has 1 amide bonds. The number of carbonyl (C=O) groups is 1. The van der Waals surface area contributed by atoms with Crippen molar-refractivity contribution in [3.05, 3.63) is 51.3 Å². The van der Waals surface area contributed by atoms with Crippen molar-refractivity contribution < 1.29 is 13.9 Å². The van der Waals surface area contributed by atoms with Gasteiger partial charge in [-0.05, 0) is 43.6 Å². The molecule has 3 heterocycles. The highest BCUT2D eigenvalue weighted by Gasteiger charge is 2.63. The average Bonchev–Trinajstić information content (AvgIpc) is 3.02. The topological polar surface area (TPSA) is 39.4 Å². The minimum atomic E-state index is -0.212. The fourth-order valence-corrected chi connectivity index (χ4v) is 5.57. The van der Waals surface area contributed by atoms with Crippen molar-refractivity contribution in [2.24, 2.45) is 7.05 Å². The number of imidazole rings is 1. The Morgan fingerprint density at radius 2 is 2.24 bits per heavy atom. The molecular formula is C22H26FN3O2S. The van der Waals surface area contributed by atoms with Gasteiger partial charge in [0.15, 0.2) is 4.77 Å². The molecule has 0 radical (unpaired) electrons. The van der Waals surface area contributed by atoms with Gasteiger partial charge in [0.25, 0.3) is 0 Å². The molecule has 1 aromatic carbocycles. The molecule has 0 bridgehead atoms. The Labute approximate surface area is 175 Å². The molecule has 2 fully saturated rings. The Balaban J connectivity index is 1.47. The number of rotatable bonds is 4. The van der Waals surface area contributed by atoms with Crippen LogP contribution in [0, 0.1) is 17.5 Å². The quantitative estimate of drug-likeness (QED) is 0.720. The molecule has 1 aromatic heterocycles. The van der Waals surface area contributed by atoms with E-state index in [-0.39, 0.29) is 29.1 Å². The van der Waals surface area contributed by atoms with Gasteiger partial charge in [0.2, 0.25) is 5.91 Å². The summed E-state index contributed by atoms with van der Waals surface area (Å²) in [5, 5.41) is 0. The molecule has 3 atom stereocenters. The fourth-order valence-electron chi connectivity index (χ4n) is 5.30. The van der Waals surface area contributed by atoms with Crippen molar-refractivity contribution in [1.82, 2.24) is 14.0 Å². The van der Waals surface area contributed by atoms with Crippen molar-refractivity contribution in [1.29, 1.82) is 0 Å². The van der Waals surface area contributed by atoms with Crippen LogP contribution in [0.3, 0.4) is 0 Å². The van der Waals surface area contributed by atoms with E-state index in [2.05, 4.69) is 4.57 Å². The summed E-state index contributed by atoms with van der Waals surface area (Å²) in [5.74, 6) is 0.168. The van der Waals surface area contributed by atoms with E-state index in [4.69, 9.17) is 17.0 Å². The van der Waals surface area contributed by atoms with Crippen LogP contribution in [0.15, 0.2) is 18.2 Å². The van der Waals surface area contributed by atoms with E-state index >= 15 is 0 Å². The number of hydrogen-bond acceptors (Lipinski definition) is 3. The summed E-state index contributed by atoms with van der Waals surface area (Å²) in [5.41, 5.74) is 3.75. The number of fused-ring (bicyclic) bond motifs is 3. The number of nitrogens with zero attached hydrogens (tertiary/aromatic N) is 3. The summed E-state index contributed by atoms with van der Waals surface area (Å²) < 4.78 is 24.9. The molecule has 29 heavy (non-hydrogen) atoms. The molecule has 1 saturated carbocycles. The lowest BCUT2D eigenvalue weighted by atomic mass is 9.92. The van der Waals surface area contributed by atoms with Gasteiger partial charge in [-0.25, -0.2) is 4.39 Å². The van der Waals surface area contributed by atoms with E-state index in [9.17, 15) is 9.18 Å². The monoisotopic (exact) mass is 415 g/mol. The minimum absolute atomic E-state index is 0.0828. The number of aryl methyl sites for hydroxylation is 1. The lowest BCUT2D eigenvalue weighted by molar-refractivity contribution is -0.131. The smallest absolute Gasteiger partial charge is 0.228 e. The van der Waals surface area contributed by atoms with Gasteiger partial charge in [-0.3, -0.25) is 4.79 Å². The summed E-state index contributed by atoms with van der Waals surface area (Å²) in [6.45, 7) is 4.01. The van der Waals surface area contributed by atoms with Crippen molar-refractivity contribution in [3.8, 4) is 0 Å². The number of halogens is 1. The molecule has 1 saturated heterocycles. The third-order valence-corrected chi connectivity index (χ3v) is 7.67. The largest absolute Gasteiger partial charge is 0.379 e. The molecule has 7 heteroatoms. The highest BCUT2D eigenvalue weighted by Crippen LogP contribution is 2.66. The Hall–Kier alpha value is -1.99. The molecule has 154 valence electrons. The number of ether oxygens (including phenoxy) is 1. The molecule has 1 aliphatic carbocycles. The number of carbonyl (C=O) groups excluding carboxylic acids is 1. The van der Waals surface area contributed by atoms with Crippen molar-refractivity contribution >= 4 is 18.1 Å². The standard InChI is InChI=1S/C22H26FN3O2S/c1-13-4-5-17(23)15(8-13)22-10-16(22)20-18(25(3)21(29)26(20)12-22)9-19(27)24(2)14-6-7-28-11-14/h4-5,8,14,16H,6-7,9-12H2,1-3H3/t14-,16+,22-/m1/s1. The second-order valence-electron chi connectivity index (χ2n) is 8.85. The zero-order valence-electron chi connectivity index (χ0n) is 17.1. The van der Waals surface area contributed by atoms with Crippen molar-refractivity contribution in [2.45, 2.75) is 50.1 Å². The van der Waals surface area contributed by atoms with E-state index in [1.54, 1.807) is 6.07 Å². The number of hydrogen-bond donors (Lipinski definition) is 0. The van der Waals surface area contributed by atoms with Crippen molar-refractivity contribution in [2.75, 3.05) is 20.3 Å². The maximum atomic E-state index is 14.7. The maximum Gasteiger partial charge on any atom is 0.228 e. The first kappa shape index (κ1) is 19.0. The van der Waals surface area contributed by atoms with E-state index < -0.39 is 0 Å². The molecule has 0 unspecified atom stereocenters. The molecule has 5 rings (SSSR count). The lowest BCUT2D eigenvalue weighted by Crippen LogP contribution is -2.38. The first-order chi connectivity index (χ1) is 13.8.